The van der Waals surface area contributed by atoms with Crippen LogP contribution in [-0.4, -0.2) is 46.0 Å². The molecule has 0 aromatic heterocycles. The second kappa shape index (κ2) is 5.90. The van der Waals surface area contributed by atoms with Gasteiger partial charge < -0.3 is 21.1 Å². The Balaban J connectivity index is 2.83. The van der Waals surface area contributed by atoms with Crippen molar-refractivity contribution in [2.24, 2.45) is 5.73 Å². The van der Waals surface area contributed by atoms with Gasteiger partial charge in [0.2, 0.25) is 5.91 Å². The molecule has 7 heteroatoms. The molecular weight excluding hydrogens is 250 g/mol. The zero-order chi connectivity index (χ0) is 14.6. The Hall–Kier alpha value is -1.79. The van der Waals surface area contributed by atoms with Gasteiger partial charge in [-0.25, -0.2) is 9.59 Å². The first-order valence-electron chi connectivity index (χ1n) is 6.49. The fourth-order valence-electron chi connectivity index (χ4n) is 2.36. The highest BCUT2D eigenvalue weighted by Crippen LogP contribution is 2.20. The average Bonchev–Trinajstić information content (AvgIpc) is 2.84. The first-order chi connectivity index (χ1) is 8.88. The summed E-state index contributed by atoms with van der Waals surface area (Å²) in [6, 6.07) is -1.17. The SMILES string of the molecule is CCC(CC)(NC(=O)N1CCCC1C(N)=O)C(=O)O. The van der Waals surface area contributed by atoms with Gasteiger partial charge in [0.05, 0.1) is 0 Å². The molecule has 1 aliphatic heterocycles. The first-order valence-corrected chi connectivity index (χ1v) is 6.49. The molecule has 1 fully saturated rings. The van der Waals surface area contributed by atoms with Gasteiger partial charge in [0.25, 0.3) is 0 Å². The summed E-state index contributed by atoms with van der Waals surface area (Å²) >= 11 is 0. The van der Waals surface area contributed by atoms with E-state index < -0.39 is 29.5 Å². The van der Waals surface area contributed by atoms with Crippen LogP contribution in [0.15, 0.2) is 0 Å². The lowest BCUT2D eigenvalue weighted by Crippen LogP contribution is -2.59. The highest BCUT2D eigenvalue weighted by molar-refractivity contribution is 5.90. The summed E-state index contributed by atoms with van der Waals surface area (Å²) in [4.78, 5) is 36.0. The van der Waals surface area contributed by atoms with Crippen LogP contribution in [0.5, 0.6) is 0 Å². The average molecular weight is 271 g/mol. The van der Waals surface area contributed by atoms with Gasteiger partial charge in [-0.1, -0.05) is 13.8 Å². The molecule has 1 heterocycles. The maximum Gasteiger partial charge on any atom is 0.329 e. The molecular formula is C12H21N3O4. The van der Waals surface area contributed by atoms with E-state index in [1.165, 1.54) is 4.90 Å². The molecule has 0 radical (unpaired) electrons. The molecule has 1 saturated heterocycles. The van der Waals surface area contributed by atoms with Crippen LogP contribution in [0.2, 0.25) is 0 Å². The van der Waals surface area contributed by atoms with Crippen molar-refractivity contribution < 1.29 is 19.5 Å². The number of amides is 3. The minimum atomic E-state index is -1.29. The van der Waals surface area contributed by atoms with Crippen LogP contribution < -0.4 is 11.1 Å². The molecule has 0 saturated carbocycles. The van der Waals surface area contributed by atoms with Crippen LogP contribution in [0.25, 0.3) is 0 Å². The first kappa shape index (κ1) is 15.3. The van der Waals surface area contributed by atoms with Crippen molar-refractivity contribution in [3.63, 3.8) is 0 Å². The number of nitrogens with two attached hydrogens (primary N) is 1. The molecule has 7 nitrogen and oxygen atoms in total. The van der Waals surface area contributed by atoms with E-state index in [1.807, 2.05) is 0 Å². The largest absolute Gasteiger partial charge is 0.480 e. The van der Waals surface area contributed by atoms with E-state index in [-0.39, 0.29) is 12.8 Å². The second-order valence-electron chi connectivity index (χ2n) is 4.78. The van der Waals surface area contributed by atoms with Crippen LogP contribution in [0.4, 0.5) is 4.79 Å². The molecule has 19 heavy (non-hydrogen) atoms. The number of primary amides is 1. The molecule has 1 rings (SSSR count). The topological polar surface area (TPSA) is 113 Å². The third kappa shape index (κ3) is 2.97. The third-order valence-electron chi connectivity index (χ3n) is 3.80. The summed E-state index contributed by atoms with van der Waals surface area (Å²) in [7, 11) is 0. The number of carboxylic acids is 1. The van der Waals surface area contributed by atoms with Gasteiger partial charge in [-0.2, -0.15) is 0 Å². The normalized spacial score (nSPS) is 19.3. The van der Waals surface area contributed by atoms with Crippen LogP contribution >= 0.6 is 0 Å². The summed E-state index contributed by atoms with van der Waals surface area (Å²) in [5.41, 5.74) is 3.95. The van der Waals surface area contributed by atoms with Crippen LogP contribution in [0.3, 0.4) is 0 Å². The highest BCUT2D eigenvalue weighted by atomic mass is 16.4. The zero-order valence-electron chi connectivity index (χ0n) is 11.3. The molecule has 3 amide bonds. The summed E-state index contributed by atoms with van der Waals surface area (Å²) in [6.45, 7) is 3.82. The molecule has 1 aliphatic rings. The fourth-order valence-corrected chi connectivity index (χ4v) is 2.36. The molecule has 0 aromatic rings. The van der Waals surface area contributed by atoms with Crippen molar-refractivity contribution in [2.45, 2.75) is 51.1 Å². The Morgan fingerprint density at radius 2 is 1.95 bits per heavy atom. The maximum absolute atomic E-state index is 12.1. The number of carbonyl (C=O) groups excluding carboxylic acids is 2. The van der Waals surface area contributed by atoms with Gasteiger partial charge in [0, 0.05) is 6.54 Å². The number of aliphatic carboxylic acids is 1. The molecule has 0 aromatic carbocycles. The van der Waals surface area contributed by atoms with Crippen molar-refractivity contribution in [3.05, 3.63) is 0 Å². The van der Waals surface area contributed by atoms with E-state index in [0.717, 1.165) is 0 Å². The summed E-state index contributed by atoms with van der Waals surface area (Å²) in [5.74, 6) is -1.62. The molecule has 1 atom stereocenters. The number of likely N-dealkylation sites (tertiary alicyclic amines) is 1. The number of carboxylic acid groups (broad SMARTS) is 1. The number of hydrogen-bond donors (Lipinski definition) is 3. The van der Waals surface area contributed by atoms with Crippen LogP contribution in [0.1, 0.15) is 39.5 Å². The Morgan fingerprint density at radius 3 is 2.37 bits per heavy atom. The molecule has 0 spiro atoms. The lowest BCUT2D eigenvalue weighted by molar-refractivity contribution is -0.144. The summed E-state index contributed by atoms with van der Waals surface area (Å²) < 4.78 is 0. The van der Waals surface area contributed by atoms with E-state index in [4.69, 9.17) is 5.73 Å². The number of nitrogens with one attached hydrogen (secondary N) is 1. The van der Waals surface area contributed by atoms with E-state index in [1.54, 1.807) is 13.8 Å². The lowest BCUT2D eigenvalue weighted by Gasteiger charge is -2.32. The molecule has 108 valence electrons. The van der Waals surface area contributed by atoms with Crippen LogP contribution in [0, 0.1) is 0 Å². The standard InChI is InChI=1S/C12H21N3O4/c1-3-12(4-2,10(17)18)14-11(19)15-7-5-6-8(15)9(13)16/h8H,3-7H2,1-2H3,(H2,13,16)(H,14,19)(H,17,18). The van der Waals surface area contributed by atoms with E-state index in [2.05, 4.69) is 5.32 Å². The number of hydrogen-bond acceptors (Lipinski definition) is 3. The van der Waals surface area contributed by atoms with Gasteiger partial charge in [-0.3, -0.25) is 4.79 Å². The number of carbonyl (C=O) groups is 3. The van der Waals surface area contributed by atoms with Crippen molar-refractivity contribution in [1.82, 2.24) is 10.2 Å². The maximum atomic E-state index is 12.1. The molecule has 1 unspecified atom stereocenters. The Kier molecular flexibility index (Phi) is 4.74. The quantitative estimate of drug-likeness (QED) is 0.667. The molecule has 4 N–H and O–H groups in total. The Bertz CT molecular complexity index is 379. The smallest absolute Gasteiger partial charge is 0.329 e. The van der Waals surface area contributed by atoms with E-state index >= 15 is 0 Å². The fraction of sp³-hybridized carbons (Fsp3) is 0.750. The van der Waals surface area contributed by atoms with E-state index in [9.17, 15) is 19.5 Å². The minimum Gasteiger partial charge on any atom is -0.480 e. The van der Waals surface area contributed by atoms with Gasteiger partial charge in [0.1, 0.15) is 11.6 Å². The number of rotatable bonds is 5. The van der Waals surface area contributed by atoms with Gasteiger partial charge >= 0.3 is 12.0 Å². The minimum absolute atomic E-state index is 0.277. The van der Waals surface area contributed by atoms with Crippen molar-refractivity contribution in [3.8, 4) is 0 Å². The van der Waals surface area contributed by atoms with Crippen LogP contribution in [-0.2, 0) is 9.59 Å². The van der Waals surface area contributed by atoms with Gasteiger partial charge in [-0.15, -0.1) is 0 Å². The lowest BCUT2D eigenvalue weighted by atomic mass is 9.93. The second-order valence-corrected chi connectivity index (χ2v) is 4.78. The van der Waals surface area contributed by atoms with Crippen molar-refractivity contribution in [2.75, 3.05) is 6.54 Å². The Morgan fingerprint density at radius 1 is 1.37 bits per heavy atom. The Labute approximate surface area is 112 Å². The predicted molar refractivity (Wildman–Crippen MR) is 68.4 cm³/mol. The van der Waals surface area contributed by atoms with Crippen molar-refractivity contribution >= 4 is 17.9 Å². The van der Waals surface area contributed by atoms with E-state index in [0.29, 0.717) is 19.4 Å². The number of nitrogens with zero attached hydrogens (tertiary/aromatic N) is 1. The van der Waals surface area contributed by atoms with Gasteiger partial charge in [0.15, 0.2) is 0 Å². The van der Waals surface area contributed by atoms with Gasteiger partial charge in [-0.05, 0) is 25.7 Å². The zero-order valence-corrected chi connectivity index (χ0v) is 11.3. The number of urea groups is 1. The summed E-state index contributed by atoms with van der Waals surface area (Å²) in [6.07, 6.45) is 1.78. The third-order valence-corrected chi connectivity index (χ3v) is 3.80. The van der Waals surface area contributed by atoms with Crippen molar-refractivity contribution in [1.29, 1.82) is 0 Å². The highest BCUT2D eigenvalue weighted by Gasteiger charge is 2.40. The monoisotopic (exact) mass is 271 g/mol. The predicted octanol–water partition coefficient (Wildman–Crippen LogP) is 0.289. The summed E-state index contributed by atoms with van der Waals surface area (Å²) in [5, 5.41) is 11.8. The molecule has 0 aliphatic carbocycles. The molecule has 0 bridgehead atoms.